The van der Waals surface area contributed by atoms with Crippen LogP contribution in [0.1, 0.15) is 23.7 Å². The molecule has 4 nitrogen and oxygen atoms in total. The summed E-state index contributed by atoms with van der Waals surface area (Å²) in [5.74, 6) is 0.990. The second-order valence-electron chi connectivity index (χ2n) is 5.30. The maximum Gasteiger partial charge on any atom is 0.123 e. The summed E-state index contributed by atoms with van der Waals surface area (Å²) in [5, 5.41) is 9.14. The SMILES string of the molecule is CCn1cc(CN2CCOc3ccccc3C2)cc1C#N. The van der Waals surface area contributed by atoms with E-state index in [0.29, 0.717) is 6.61 Å². The van der Waals surface area contributed by atoms with Gasteiger partial charge in [-0.05, 0) is 24.6 Å². The van der Waals surface area contributed by atoms with E-state index in [2.05, 4.69) is 30.2 Å². The summed E-state index contributed by atoms with van der Waals surface area (Å²) in [6.07, 6.45) is 2.08. The molecular formula is C17H19N3O. The lowest BCUT2D eigenvalue weighted by molar-refractivity contribution is 0.219. The molecule has 0 radical (unpaired) electrons. The van der Waals surface area contributed by atoms with Gasteiger partial charge in [0.2, 0.25) is 0 Å². The highest BCUT2D eigenvalue weighted by molar-refractivity contribution is 5.34. The van der Waals surface area contributed by atoms with E-state index in [-0.39, 0.29) is 0 Å². The van der Waals surface area contributed by atoms with Gasteiger partial charge in [-0.3, -0.25) is 4.90 Å². The molecule has 1 aromatic heterocycles. The first-order valence-electron chi connectivity index (χ1n) is 7.32. The minimum atomic E-state index is 0.705. The van der Waals surface area contributed by atoms with E-state index >= 15 is 0 Å². The molecule has 2 aromatic rings. The Bertz CT molecular complexity index is 669. The van der Waals surface area contributed by atoms with Crippen molar-refractivity contribution >= 4 is 0 Å². The molecule has 0 N–H and O–H groups in total. The maximum atomic E-state index is 9.14. The van der Waals surface area contributed by atoms with Crippen molar-refractivity contribution in [2.45, 2.75) is 26.6 Å². The molecule has 0 bridgehead atoms. The molecule has 0 saturated heterocycles. The van der Waals surface area contributed by atoms with Crippen LogP contribution in [0.2, 0.25) is 0 Å². The van der Waals surface area contributed by atoms with Gasteiger partial charge in [0, 0.05) is 37.9 Å². The summed E-state index contributed by atoms with van der Waals surface area (Å²) < 4.78 is 7.79. The van der Waals surface area contributed by atoms with Crippen LogP contribution in [-0.2, 0) is 19.6 Å². The Morgan fingerprint density at radius 2 is 2.19 bits per heavy atom. The lowest BCUT2D eigenvalue weighted by atomic mass is 10.2. The fourth-order valence-electron chi connectivity index (χ4n) is 2.78. The first-order valence-corrected chi connectivity index (χ1v) is 7.32. The van der Waals surface area contributed by atoms with Crippen LogP contribution < -0.4 is 4.74 Å². The standard InChI is InChI=1S/C17H19N3O/c1-2-20-12-14(9-16(20)10-18)11-19-7-8-21-17-6-4-3-5-15(17)13-19/h3-6,9,12H,2,7-8,11,13H2,1H3. The van der Waals surface area contributed by atoms with Crippen molar-refractivity contribution in [2.24, 2.45) is 0 Å². The molecule has 3 rings (SSSR count). The van der Waals surface area contributed by atoms with E-state index in [1.165, 1.54) is 11.1 Å². The van der Waals surface area contributed by atoms with Crippen molar-refractivity contribution in [2.75, 3.05) is 13.2 Å². The first-order chi connectivity index (χ1) is 10.3. The Kier molecular flexibility index (Phi) is 3.94. The number of nitrogens with zero attached hydrogens (tertiary/aromatic N) is 3. The number of fused-ring (bicyclic) bond motifs is 1. The number of hydrogen-bond donors (Lipinski definition) is 0. The van der Waals surface area contributed by atoms with Crippen LogP contribution >= 0.6 is 0 Å². The third-order valence-electron chi connectivity index (χ3n) is 3.85. The fourth-order valence-corrected chi connectivity index (χ4v) is 2.78. The molecule has 1 aliphatic rings. The lowest BCUT2D eigenvalue weighted by Crippen LogP contribution is -2.25. The van der Waals surface area contributed by atoms with E-state index < -0.39 is 0 Å². The Balaban J connectivity index is 1.76. The van der Waals surface area contributed by atoms with Crippen LogP contribution in [0, 0.1) is 11.3 Å². The molecule has 4 heteroatoms. The average Bonchev–Trinajstić information content (AvgIpc) is 2.79. The van der Waals surface area contributed by atoms with Crippen molar-refractivity contribution < 1.29 is 4.74 Å². The highest BCUT2D eigenvalue weighted by Crippen LogP contribution is 2.23. The molecule has 21 heavy (non-hydrogen) atoms. The number of benzene rings is 1. The van der Waals surface area contributed by atoms with E-state index in [0.717, 1.165) is 37.6 Å². The second-order valence-corrected chi connectivity index (χ2v) is 5.30. The highest BCUT2D eigenvalue weighted by Gasteiger charge is 2.16. The Hall–Kier alpha value is -2.25. The van der Waals surface area contributed by atoms with Crippen LogP contribution in [0.15, 0.2) is 36.5 Å². The number of aryl methyl sites for hydroxylation is 1. The lowest BCUT2D eigenvalue weighted by Gasteiger charge is -2.18. The van der Waals surface area contributed by atoms with Gasteiger partial charge < -0.3 is 9.30 Å². The summed E-state index contributed by atoms with van der Waals surface area (Å²) in [6.45, 7) is 6.22. The molecular weight excluding hydrogens is 262 g/mol. The van der Waals surface area contributed by atoms with Gasteiger partial charge in [0.25, 0.3) is 0 Å². The third-order valence-corrected chi connectivity index (χ3v) is 3.85. The molecule has 0 aliphatic carbocycles. The molecule has 2 heterocycles. The van der Waals surface area contributed by atoms with Gasteiger partial charge in [-0.25, -0.2) is 0 Å². The zero-order valence-electron chi connectivity index (χ0n) is 12.2. The summed E-state index contributed by atoms with van der Waals surface area (Å²) in [7, 11) is 0. The van der Waals surface area contributed by atoms with Gasteiger partial charge in [-0.1, -0.05) is 18.2 Å². The van der Waals surface area contributed by atoms with Crippen LogP contribution in [0.5, 0.6) is 5.75 Å². The van der Waals surface area contributed by atoms with Gasteiger partial charge in [-0.15, -0.1) is 0 Å². The van der Waals surface area contributed by atoms with Crippen molar-refractivity contribution in [1.82, 2.24) is 9.47 Å². The Morgan fingerprint density at radius 1 is 1.33 bits per heavy atom. The maximum absolute atomic E-state index is 9.14. The summed E-state index contributed by atoms with van der Waals surface area (Å²) in [6, 6.07) is 12.4. The monoisotopic (exact) mass is 281 g/mol. The number of aromatic nitrogens is 1. The minimum absolute atomic E-state index is 0.705. The molecule has 0 fully saturated rings. The fraction of sp³-hybridized carbons (Fsp3) is 0.353. The second kappa shape index (κ2) is 6.02. The average molecular weight is 281 g/mol. The van der Waals surface area contributed by atoms with Crippen molar-refractivity contribution in [3.63, 3.8) is 0 Å². The van der Waals surface area contributed by atoms with Crippen LogP contribution in [0.25, 0.3) is 0 Å². The van der Waals surface area contributed by atoms with E-state index in [4.69, 9.17) is 10.00 Å². The zero-order chi connectivity index (χ0) is 14.7. The topological polar surface area (TPSA) is 41.2 Å². The molecule has 1 aromatic carbocycles. The van der Waals surface area contributed by atoms with Crippen molar-refractivity contribution in [3.8, 4) is 11.8 Å². The van der Waals surface area contributed by atoms with E-state index in [1.54, 1.807) is 0 Å². The molecule has 0 unspecified atom stereocenters. The number of para-hydroxylation sites is 1. The number of hydrogen-bond acceptors (Lipinski definition) is 3. The summed E-state index contributed by atoms with van der Waals surface area (Å²) >= 11 is 0. The van der Waals surface area contributed by atoms with E-state index in [1.807, 2.05) is 28.8 Å². The van der Waals surface area contributed by atoms with Gasteiger partial charge in [-0.2, -0.15) is 5.26 Å². The van der Waals surface area contributed by atoms with Gasteiger partial charge in [0.1, 0.15) is 24.1 Å². The normalized spacial score (nSPS) is 14.9. The molecule has 108 valence electrons. The minimum Gasteiger partial charge on any atom is -0.492 e. The third kappa shape index (κ3) is 2.93. The number of ether oxygens (including phenoxy) is 1. The quantitative estimate of drug-likeness (QED) is 0.868. The molecule has 1 aliphatic heterocycles. The van der Waals surface area contributed by atoms with Crippen LogP contribution in [-0.4, -0.2) is 22.6 Å². The smallest absolute Gasteiger partial charge is 0.123 e. The van der Waals surface area contributed by atoms with Gasteiger partial charge in [0.05, 0.1) is 0 Å². The number of nitriles is 1. The summed E-state index contributed by atoms with van der Waals surface area (Å²) in [5.41, 5.74) is 3.15. The predicted octanol–water partition coefficient (Wildman–Crippen LogP) is 2.77. The predicted molar refractivity (Wildman–Crippen MR) is 80.9 cm³/mol. The van der Waals surface area contributed by atoms with Crippen LogP contribution in [0.4, 0.5) is 0 Å². The zero-order valence-corrected chi connectivity index (χ0v) is 12.2. The molecule has 0 saturated carbocycles. The number of rotatable bonds is 3. The van der Waals surface area contributed by atoms with Gasteiger partial charge in [0.15, 0.2) is 0 Å². The van der Waals surface area contributed by atoms with Gasteiger partial charge >= 0.3 is 0 Å². The van der Waals surface area contributed by atoms with E-state index in [9.17, 15) is 0 Å². The highest BCUT2D eigenvalue weighted by atomic mass is 16.5. The molecule has 0 spiro atoms. The van der Waals surface area contributed by atoms with Crippen molar-refractivity contribution in [1.29, 1.82) is 5.26 Å². The van der Waals surface area contributed by atoms with Crippen LogP contribution in [0.3, 0.4) is 0 Å². The van der Waals surface area contributed by atoms with Crippen molar-refractivity contribution in [3.05, 3.63) is 53.3 Å². The Morgan fingerprint density at radius 3 is 2.95 bits per heavy atom. The molecule has 0 atom stereocenters. The first kappa shape index (κ1) is 13.7. The largest absolute Gasteiger partial charge is 0.492 e. The molecule has 0 amide bonds. The Labute approximate surface area is 125 Å². The summed E-state index contributed by atoms with van der Waals surface area (Å²) in [4.78, 5) is 2.36.